The van der Waals surface area contributed by atoms with Gasteiger partial charge in [-0.2, -0.15) is 5.10 Å². The van der Waals surface area contributed by atoms with Crippen molar-refractivity contribution in [2.24, 2.45) is 0 Å². The first-order chi connectivity index (χ1) is 9.63. The van der Waals surface area contributed by atoms with Crippen LogP contribution in [0.4, 0.5) is 5.82 Å². The molecular formula is C15H19ClN4. The maximum Gasteiger partial charge on any atom is 0.151 e. The van der Waals surface area contributed by atoms with E-state index in [1.54, 1.807) is 0 Å². The fourth-order valence-corrected chi connectivity index (χ4v) is 2.33. The number of benzene rings is 1. The highest BCUT2D eigenvalue weighted by Gasteiger charge is 2.16. The van der Waals surface area contributed by atoms with Crippen molar-refractivity contribution in [2.45, 2.75) is 19.5 Å². The molecule has 0 saturated carbocycles. The molecule has 0 amide bonds. The van der Waals surface area contributed by atoms with Crippen LogP contribution in [0.5, 0.6) is 0 Å². The molecule has 2 rings (SSSR count). The standard InChI is InChI=1S/C15H19ClN4/c1-11(13-6-4-5-7-14(13)16)20(3)15-9-8-12(10-17-2)18-19-15/h4-9,11,17H,10H2,1-3H3. The summed E-state index contributed by atoms with van der Waals surface area (Å²) in [6.45, 7) is 2.82. The van der Waals surface area contributed by atoms with E-state index in [-0.39, 0.29) is 6.04 Å². The van der Waals surface area contributed by atoms with Crippen molar-refractivity contribution < 1.29 is 0 Å². The lowest BCUT2D eigenvalue weighted by Crippen LogP contribution is -2.23. The van der Waals surface area contributed by atoms with Gasteiger partial charge in [-0.3, -0.25) is 0 Å². The Balaban J connectivity index is 2.18. The minimum absolute atomic E-state index is 0.133. The summed E-state index contributed by atoms with van der Waals surface area (Å²) in [6, 6.07) is 12.0. The number of hydrogen-bond acceptors (Lipinski definition) is 4. The van der Waals surface area contributed by atoms with Crippen LogP contribution in [0.25, 0.3) is 0 Å². The molecule has 0 spiro atoms. The first-order valence-electron chi connectivity index (χ1n) is 6.58. The van der Waals surface area contributed by atoms with Crippen LogP contribution in [0, 0.1) is 0 Å². The highest BCUT2D eigenvalue weighted by atomic mass is 35.5. The molecule has 1 unspecified atom stereocenters. The maximum absolute atomic E-state index is 6.25. The zero-order chi connectivity index (χ0) is 14.5. The summed E-state index contributed by atoms with van der Waals surface area (Å²) < 4.78 is 0. The van der Waals surface area contributed by atoms with E-state index in [1.807, 2.05) is 50.5 Å². The van der Waals surface area contributed by atoms with E-state index in [2.05, 4.69) is 27.3 Å². The lowest BCUT2D eigenvalue weighted by atomic mass is 10.1. The third kappa shape index (κ3) is 3.26. The number of anilines is 1. The molecule has 4 nitrogen and oxygen atoms in total. The third-order valence-corrected chi connectivity index (χ3v) is 3.71. The second-order valence-corrected chi connectivity index (χ2v) is 5.13. The van der Waals surface area contributed by atoms with Crippen LogP contribution in [0.3, 0.4) is 0 Å². The van der Waals surface area contributed by atoms with E-state index in [0.29, 0.717) is 0 Å². The molecular weight excluding hydrogens is 272 g/mol. The predicted octanol–water partition coefficient (Wildman–Crippen LogP) is 3.05. The number of aromatic nitrogens is 2. The van der Waals surface area contributed by atoms with E-state index < -0.39 is 0 Å². The van der Waals surface area contributed by atoms with Gasteiger partial charge in [0.2, 0.25) is 0 Å². The Morgan fingerprint density at radius 1 is 1.20 bits per heavy atom. The van der Waals surface area contributed by atoms with Crippen molar-refractivity contribution in [2.75, 3.05) is 19.0 Å². The Morgan fingerprint density at radius 2 is 1.95 bits per heavy atom. The van der Waals surface area contributed by atoms with Crippen LogP contribution in [0.1, 0.15) is 24.2 Å². The van der Waals surface area contributed by atoms with Gasteiger partial charge in [0.1, 0.15) is 0 Å². The molecule has 1 heterocycles. The second-order valence-electron chi connectivity index (χ2n) is 4.72. The molecule has 5 heteroatoms. The van der Waals surface area contributed by atoms with Crippen molar-refractivity contribution in [3.63, 3.8) is 0 Å². The zero-order valence-electron chi connectivity index (χ0n) is 12.0. The summed E-state index contributed by atoms with van der Waals surface area (Å²) in [7, 11) is 3.89. The molecule has 1 aromatic heterocycles. The van der Waals surface area contributed by atoms with Crippen LogP contribution >= 0.6 is 11.6 Å². The molecule has 1 N–H and O–H groups in total. The van der Waals surface area contributed by atoms with Crippen LogP contribution < -0.4 is 10.2 Å². The molecule has 106 valence electrons. The smallest absolute Gasteiger partial charge is 0.151 e. The third-order valence-electron chi connectivity index (χ3n) is 3.36. The van der Waals surface area contributed by atoms with Crippen LogP contribution in [-0.2, 0) is 6.54 Å². The molecule has 0 radical (unpaired) electrons. The van der Waals surface area contributed by atoms with Crippen molar-refractivity contribution in [1.82, 2.24) is 15.5 Å². The Labute approximate surface area is 124 Å². The van der Waals surface area contributed by atoms with Gasteiger partial charge < -0.3 is 10.2 Å². The Hall–Kier alpha value is -1.65. The summed E-state index contributed by atoms with van der Waals surface area (Å²) in [6.07, 6.45) is 0. The molecule has 0 aliphatic heterocycles. The molecule has 1 atom stereocenters. The number of hydrogen-bond donors (Lipinski definition) is 1. The van der Waals surface area contributed by atoms with Crippen molar-refractivity contribution >= 4 is 17.4 Å². The minimum atomic E-state index is 0.133. The fraction of sp³-hybridized carbons (Fsp3) is 0.333. The van der Waals surface area contributed by atoms with Crippen molar-refractivity contribution in [1.29, 1.82) is 0 Å². The maximum atomic E-state index is 6.25. The molecule has 0 aliphatic carbocycles. The summed E-state index contributed by atoms with van der Waals surface area (Å²) in [5.74, 6) is 0.831. The first kappa shape index (κ1) is 14.8. The van der Waals surface area contributed by atoms with Gasteiger partial charge in [0.15, 0.2) is 5.82 Å². The van der Waals surface area contributed by atoms with Gasteiger partial charge in [-0.15, -0.1) is 5.10 Å². The Kier molecular flexibility index (Phi) is 4.93. The van der Waals surface area contributed by atoms with E-state index in [1.165, 1.54) is 0 Å². The average Bonchev–Trinajstić information content (AvgIpc) is 2.47. The topological polar surface area (TPSA) is 41.0 Å². The number of nitrogens with one attached hydrogen (secondary N) is 1. The monoisotopic (exact) mass is 290 g/mol. The van der Waals surface area contributed by atoms with Gasteiger partial charge in [0, 0.05) is 18.6 Å². The van der Waals surface area contributed by atoms with E-state index in [0.717, 1.165) is 28.6 Å². The lowest BCUT2D eigenvalue weighted by Gasteiger charge is -2.26. The van der Waals surface area contributed by atoms with Gasteiger partial charge in [-0.05, 0) is 37.7 Å². The Morgan fingerprint density at radius 3 is 2.55 bits per heavy atom. The van der Waals surface area contributed by atoms with Gasteiger partial charge in [0.05, 0.1) is 11.7 Å². The fourth-order valence-electron chi connectivity index (χ4n) is 2.04. The van der Waals surface area contributed by atoms with E-state index in [9.17, 15) is 0 Å². The Bertz CT molecular complexity index is 556. The van der Waals surface area contributed by atoms with Crippen molar-refractivity contribution in [3.8, 4) is 0 Å². The minimum Gasteiger partial charge on any atom is -0.351 e. The molecule has 20 heavy (non-hydrogen) atoms. The number of halogens is 1. The highest BCUT2D eigenvalue weighted by Crippen LogP contribution is 2.28. The normalized spacial score (nSPS) is 12.2. The van der Waals surface area contributed by atoms with Gasteiger partial charge in [0.25, 0.3) is 0 Å². The molecule has 0 bridgehead atoms. The number of nitrogens with zero attached hydrogens (tertiary/aromatic N) is 3. The molecule has 0 saturated heterocycles. The van der Waals surface area contributed by atoms with E-state index >= 15 is 0 Å². The van der Waals surface area contributed by atoms with Gasteiger partial charge >= 0.3 is 0 Å². The first-order valence-corrected chi connectivity index (χ1v) is 6.95. The van der Waals surface area contributed by atoms with Crippen molar-refractivity contribution in [3.05, 3.63) is 52.7 Å². The van der Waals surface area contributed by atoms with Gasteiger partial charge in [-0.1, -0.05) is 29.8 Å². The summed E-state index contributed by atoms with van der Waals surface area (Å²) in [4.78, 5) is 2.07. The molecule has 1 aromatic carbocycles. The highest BCUT2D eigenvalue weighted by molar-refractivity contribution is 6.31. The molecule has 0 fully saturated rings. The second kappa shape index (κ2) is 6.68. The quantitative estimate of drug-likeness (QED) is 0.919. The van der Waals surface area contributed by atoms with Crippen LogP contribution in [0.2, 0.25) is 5.02 Å². The number of rotatable bonds is 5. The largest absolute Gasteiger partial charge is 0.351 e. The molecule has 0 aliphatic rings. The van der Waals surface area contributed by atoms with Crippen LogP contribution in [0.15, 0.2) is 36.4 Å². The average molecular weight is 291 g/mol. The summed E-state index contributed by atoms with van der Waals surface area (Å²) in [5.41, 5.74) is 2.01. The van der Waals surface area contributed by atoms with Crippen LogP contribution in [-0.4, -0.2) is 24.3 Å². The SMILES string of the molecule is CNCc1ccc(N(C)C(C)c2ccccc2Cl)nn1. The van der Waals surface area contributed by atoms with E-state index in [4.69, 9.17) is 11.6 Å². The zero-order valence-corrected chi connectivity index (χ0v) is 12.7. The van der Waals surface area contributed by atoms with Gasteiger partial charge in [-0.25, -0.2) is 0 Å². The summed E-state index contributed by atoms with van der Waals surface area (Å²) in [5, 5.41) is 12.3. The summed E-state index contributed by atoms with van der Waals surface area (Å²) >= 11 is 6.25. The molecule has 2 aromatic rings. The lowest BCUT2D eigenvalue weighted by molar-refractivity contribution is 0.708. The predicted molar refractivity (Wildman–Crippen MR) is 83.1 cm³/mol.